The first-order chi connectivity index (χ1) is 10.9. The lowest BCUT2D eigenvalue weighted by molar-refractivity contribution is -0.124. The maximum atomic E-state index is 12.0. The lowest BCUT2D eigenvalue weighted by Gasteiger charge is -2.39. The molecular formula is C21H30O2. The first kappa shape index (κ1) is 16.7. The van der Waals surface area contributed by atoms with Gasteiger partial charge in [-0.25, -0.2) is 0 Å². The molecule has 0 amide bonds. The van der Waals surface area contributed by atoms with Gasteiger partial charge in [-0.1, -0.05) is 30.7 Å². The normalized spacial score (nSPS) is 37.9. The number of Topliss-reactive ketones (excluding diaryl/α,β-unsaturated/α-hetero) is 1. The average molecular weight is 314 g/mol. The molecule has 23 heavy (non-hydrogen) atoms. The molecule has 0 saturated heterocycles. The summed E-state index contributed by atoms with van der Waals surface area (Å²) in [5.41, 5.74) is 4.29. The van der Waals surface area contributed by atoms with Crippen molar-refractivity contribution in [3.8, 4) is 0 Å². The Kier molecular flexibility index (Phi) is 4.64. The number of rotatable bonds is 3. The van der Waals surface area contributed by atoms with Crippen molar-refractivity contribution < 1.29 is 9.90 Å². The van der Waals surface area contributed by atoms with Gasteiger partial charge in [0.1, 0.15) is 5.78 Å². The van der Waals surface area contributed by atoms with Gasteiger partial charge in [-0.15, -0.1) is 0 Å². The van der Waals surface area contributed by atoms with Crippen molar-refractivity contribution in [2.75, 3.05) is 0 Å². The zero-order valence-corrected chi connectivity index (χ0v) is 14.8. The highest BCUT2D eigenvalue weighted by Gasteiger charge is 2.49. The lowest BCUT2D eigenvalue weighted by atomic mass is 9.64. The maximum absolute atomic E-state index is 12.0. The monoisotopic (exact) mass is 314 g/mol. The molecule has 126 valence electrons. The van der Waals surface area contributed by atoms with Gasteiger partial charge in [-0.3, -0.25) is 4.79 Å². The van der Waals surface area contributed by atoms with Crippen LogP contribution in [0.1, 0.15) is 65.7 Å². The summed E-state index contributed by atoms with van der Waals surface area (Å²) in [7, 11) is 0. The summed E-state index contributed by atoms with van der Waals surface area (Å²) in [6.45, 7) is 6.28. The molecule has 3 rings (SSSR count). The average Bonchev–Trinajstić information content (AvgIpc) is 2.86. The van der Waals surface area contributed by atoms with E-state index in [1.807, 2.05) is 0 Å². The number of fused-ring (bicyclic) bond motifs is 1. The highest BCUT2D eigenvalue weighted by atomic mass is 16.3. The first-order valence-electron chi connectivity index (χ1n) is 9.17. The molecular weight excluding hydrogens is 284 g/mol. The summed E-state index contributed by atoms with van der Waals surface area (Å²) in [6.07, 6.45) is 13.8. The number of ketones is 1. The fourth-order valence-electron chi connectivity index (χ4n) is 5.16. The molecule has 0 aromatic rings. The van der Waals surface area contributed by atoms with Gasteiger partial charge in [0.2, 0.25) is 0 Å². The Hall–Kier alpha value is -1.15. The number of hydrogen-bond acceptors (Lipinski definition) is 2. The van der Waals surface area contributed by atoms with E-state index in [9.17, 15) is 9.90 Å². The minimum absolute atomic E-state index is 0.149. The van der Waals surface area contributed by atoms with Crippen molar-refractivity contribution in [3.63, 3.8) is 0 Å². The quantitative estimate of drug-likeness (QED) is 0.816. The zero-order chi connectivity index (χ0) is 16.6. The van der Waals surface area contributed by atoms with E-state index in [2.05, 4.69) is 32.1 Å². The fourth-order valence-corrected chi connectivity index (χ4v) is 5.16. The highest BCUT2D eigenvalue weighted by molar-refractivity contribution is 5.79. The van der Waals surface area contributed by atoms with Gasteiger partial charge in [0.25, 0.3) is 0 Å². The van der Waals surface area contributed by atoms with Crippen LogP contribution >= 0.6 is 0 Å². The molecule has 2 heteroatoms. The number of carbonyl (C=O) groups excluding carboxylic acids is 1. The molecule has 0 spiro atoms. The van der Waals surface area contributed by atoms with E-state index in [1.165, 1.54) is 16.7 Å². The van der Waals surface area contributed by atoms with E-state index in [4.69, 9.17) is 0 Å². The topological polar surface area (TPSA) is 37.3 Å². The maximum Gasteiger partial charge on any atom is 0.133 e. The van der Waals surface area contributed by atoms with Crippen LogP contribution in [0.2, 0.25) is 0 Å². The number of allylic oxidation sites excluding steroid dienone is 5. The van der Waals surface area contributed by atoms with Crippen LogP contribution in [0.25, 0.3) is 0 Å². The Morgan fingerprint density at radius 1 is 1.30 bits per heavy atom. The van der Waals surface area contributed by atoms with Gasteiger partial charge in [-0.05, 0) is 81.3 Å². The second-order valence-electron chi connectivity index (χ2n) is 8.08. The third kappa shape index (κ3) is 3.10. The van der Waals surface area contributed by atoms with E-state index in [1.54, 1.807) is 6.92 Å². The Labute approximate surface area is 140 Å². The molecule has 0 radical (unpaired) electrons. The van der Waals surface area contributed by atoms with Crippen molar-refractivity contribution >= 4 is 5.78 Å². The van der Waals surface area contributed by atoms with Crippen LogP contribution in [0, 0.1) is 17.3 Å². The second-order valence-corrected chi connectivity index (χ2v) is 8.08. The molecule has 0 aromatic heterocycles. The van der Waals surface area contributed by atoms with E-state index in [0.29, 0.717) is 11.7 Å². The smallest absolute Gasteiger partial charge is 0.133 e. The summed E-state index contributed by atoms with van der Waals surface area (Å²) < 4.78 is 0. The van der Waals surface area contributed by atoms with E-state index in [-0.39, 0.29) is 17.4 Å². The molecule has 0 aromatic carbocycles. The summed E-state index contributed by atoms with van der Waals surface area (Å²) >= 11 is 0. The molecule has 1 N–H and O–H groups in total. The molecule has 4 atom stereocenters. The van der Waals surface area contributed by atoms with Crippen molar-refractivity contribution in [1.29, 1.82) is 0 Å². The van der Waals surface area contributed by atoms with Gasteiger partial charge >= 0.3 is 0 Å². The third-order valence-corrected chi connectivity index (χ3v) is 6.63. The van der Waals surface area contributed by atoms with Crippen molar-refractivity contribution in [2.24, 2.45) is 17.3 Å². The fraction of sp³-hybridized carbons (Fsp3) is 0.667. The molecule has 0 heterocycles. The SMILES string of the molecule is CC(=O)[C@H]1CC[C@H]2C(/C=C/C3=C(C)CC[C@H](O)C3)=CCC[C@]12C. The van der Waals surface area contributed by atoms with Crippen LogP contribution in [0.5, 0.6) is 0 Å². The van der Waals surface area contributed by atoms with Gasteiger partial charge in [0.15, 0.2) is 0 Å². The molecule has 1 fully saturated rings. The number of hydrogen-bond donors (Lipinski definition) is 1. The molecule has 0 bridgehead atoms. The summed E-state index contributed by atoms with van der Waals surface area (Å²) in [5, 5.41) is 9.90. The molecule has 3 aliphatic rings. The standard InChI is InChI=1S/C21H30O2/c1-14-6-9-18(23)13-17(14)8-7-16-5-4-12-21(3)19(15(2)22)10-11-20(16)21/h5,7-8,18-20,23H,4,6,9-13H2,1-3H3/b8-7+/t18-,19+,20-,21+/m0/s1. The van der Waals surface area contributed by atoms with Gasteiger partial charge in [0.05, 0.1) is 6.10 Å². The van der Waals surface area contributed by atoms with E-state index in [0.717, 1.165) is 44.9 Å². The van der Waals surface area contributed by atoms with Crippen molar-refractivity contribution in [1.82, 2.24) is 0 Å². The minimum atomic E-state index is -0.183. The summed E-state index contributed by atoms with van der Waals surface area (Å²) in [5.74, 6) is 1.13. The summed E-state index contributed by atoms with van der Waals surface area (Å²) in [4.78, 5) is 12.0. The van der Waals surface area contributed by atoms with Gasteiger partial charge in [-0.2, -0.15) is 0 Å². The Bertz CT molecular complexity index is 581. The number of aliphatic hydroxyl groups is 1. The number of aliphatic hydroxyl groups excluding tert-OH is 1. The predicted molar refractivity (Wildman–Crippen MR) is 94.0 cm³/mol. The largest absolute Gasteiger partial charge is 0.393 e. The second kappa shape index (κ2) is 6.39. The zero-order valence-electron chi connectivity index (χ0n) is 14.8. The minimum Gasteiger partial charge on any atom is -0.393 e. The van der Waals surface area contributed by atoms with Crippen LogP contribution in [0.4, 0.5) is 0 Å². The van der Waals surface area contributed by atoms with Crippen LogP contribution in [0.3, 0.4) is 0 Å². The molecule has 2 nitrogen and oxygen atoms in total. The molecule has 0 aliphatic heterocycles. The van der Waals surface area contributed by atoms with Crippen LogP contribution in [-0.4, -0.2) is 17.0 Å². The molecule has 3 aliphatic carbocycles. The van der Waals surface area contributed by atoms with Crippen LogP contribution in [-0.2, 0) is 4.79 Å². The van der Waals surface area contributed by atoms with Gasteiger partial charge < -0.3 is 5.11 Å². The molecule has 1 saturated carbocycles. The van der Waals surface area contributed by atoms with E-state index < -0.39 is 0 Å². The van der Waals surface area contributed by atoms with Crippen molar-refractivity contribution in [3.05, 3.63) is 34.9 Å². The van der Waals surface area contributed by atoms with Crippen molar-refractivity contribution in [2.45, 2.75) is 71.8 Å². The van der Waals surface area contributed by atoms with Gasteiger partial charge in [0, 0.05) is 5.92 Å². The highest BCUT2D eigenvalue weighted by Crippen LogP contribution is 2.56. The Morgan fingerprint density at radius 3 is 2.83 bits per heavy atom. The first-order valence-corrected chi connectivity index (χ1v) is 9.17. The molecule has 0 unspecified atom stereocenters. The van der Waals surface area contributed by atoms with E-state index >= 15 is 0 Å². The summed E-state index contributed by atoms with van der Waals surface area (Å²) in [6, 6.07) is 0. The third-order valence-electron chi connectivity index (χ3n) is 6.63. The number of carbonyl (C=O) groups is 1. The van der Waals surface area contributed by atoms with Crippen LogP contribution in [0.15, 0.2) is 34.9 Å². The lowest BCUT2D eigenvalue weighted by Crippen LogP contribution is -2.35. The Morgan fingerprint density at radius 2 is 2.09 bits per heavy atom. The van der Waals surface area contributed by atoms with Crippen LogP contribution < -0.4 is 0 Å². The predicted octanol–water partition coefficient (Wildman–Crippen LogP) is 4.75. The Balaban J connectivity index is 1.80.